The second kappa shape index (κ2) is 10.9. The molecule has 0 unspecified atom stereocenters. The van der Waals surface area contributed by atoms with Crippen LogP contribution in [0, 0.1) is 0 Å². The molecule has 6 aromatic rings. The number of nitrogen functional groups attached to an aromatic ring is 1. The number of thiophene rings is 2. The molecule has 0 atom stereocenters. The highest BCUT2D eigenvalue weighted by molar-refractivity contribution is 7.21. The van der Waals surface area contributed by atoms with E-state index in [0.717, 1.165) is 27.9 Å². The molecule has 7 nitrogen and oxygen atoms in total. The fourth-order valence-electron chi connectivity index (χ4n) is 4.73. The number of carbonyl (C=O) groups excluding carboxylic acids is 2. The van der Waals surface area contributed by atoms with Gasteiger partial charge in [0.05, 0.1) is 24.1 Å². The first kappa shape index (κ1) is 26.2. The van der Waals surface area contributed by atoms with Crippen LogP contribution in [0.2, 0.25) is 0 Å². The Morgan fingerprint density at radius 2 is 1.49 bits per heavy atom. The van der Waals surface area contributed by atoms with Gasteiger partial charge in [-0.25, -0.2) is 4.98 Å². The number of benzene rings is 3. The van der Waals surface area contributed by atoms with E-state index in [1.165, 1.54) is 22.7 Å². The zero-order chi connectivity index (χ0) is 28.5. The minimum Gasteiger partial charge on any atom is -0.497 e. The first-order chi connectivity index (χ1) is 19.9. The molecule has 0 saturated heterocycles. The van der Waals surface area contributed by atoms with E-state index < -0.39 is 11.8 Å². The van der Waals surface area contributed by atoms with E-state index in [1.54, 1.807) is 24.6 Å². The summed E-state index contributed by atoms with van der Waals surface area (Å²) in [6, 6.07) is 29.0. The van der Waals surface area contributed by atoms with E-state index >= 15 is 0 Å². The van der Waals surface area contributed by atoms with Crippen molar-refractivity contribution in [1.82, 2.24) is 4.98 Å². The van der Waals surface area contributed by atoms with E-state index in [9.17, 15) is 9.59 Å². The minimum atomic E-state index is -0.641. The molecule has 0 radical (unpaired) electrons. The molecule has 41 heavy (non-hydrogen) atoms. The highest BCUT2D eigenvalue weighted by atomic mass is 32.1. The van der Waals surface area contributed by atoms with Crippen LogP contribution in [0.25, 0.3) is 43.7 Å². The minimum absolute atomic E-state index is 0.239. The van der Waals surface area contributed by atoms with E-state index in [0.29, 0.717) is 37.1 Å². The van der Waals surface area contributed by atoms with E-state index in [-0.39, 0.29) is 5.56 Å². The summed E-state index contributed by atoms with van der Waals surface area (Å²) in [6.07, 6.45) is 0. The summed E-state index contributed by atoms with van der Waals surface area (Å²) in [5.74, 6) is -0.383. The van der Waals surface area contributed by atoms with Gasteiger partial charge in [-0.15, -0.1) is 22.7 Å². The number of hydrogen-bond donors (Lipinski definition) is 3. The highest BCUT2D eigenvalue weighted by Gasteiger charge is 2.25. The lowest BCUT2D eigenvalue weighted by Gasteiger charge is -2.09. The number of amides is 2. The van der Waals surface area contributed by atoms with Crippen LogP contribution < -0.4 is 21.5 Å². The van der Waals surface area contributed by atoms with Gasteiger partial charge in [0.25, 0.3) is 11.8 Å². The number of aromatic nitrogens is 1. The number of rotatable bonds is 7. The van der Waals surface area contributed by atoms with Gasteiger partial charge in [0, 0.05) is 21.9 Å². The summed E-state index contributed by atoms with van der Waals surface area (Å²) in [5.41, 5.74) is 18.0. The summed E-state index contributed by atoms with van der Waals surface area (Å²) in [7, 11) is 1.59. The average molecular weight is 577 g/mol. The van der Waals surface area contributed by atoms with Crippen molar-refractivity contribution in [2.75, 3.05) is 18.2 Å². The SMILES string of the molecule is COc1ccc(-c2csc(NC(=O)c3sc4nc(-c5ccccc5)cc(-c5ccccc5)c4c3N)c2C(N)=O)cc1. The standard InChI is InChI=1S/C32H24N4O3S2/c1-39-21-14-12-19(13-15-21)23-17-40-31(26(23)29(34)37)36-30(38)28-27(33)25-22(18-8-4-2-5-9-18)16-24(35-32(25)41-28)20-10-6-3-7-11-20/h2-17H,33H2,1H3,(H2,34,37)(H,36,38). The molecule has 5 N–H and O–H groups in total. The highest BCUT2D eigenvalue weighted by Crippen LogP contribution is 2.42. The summed E-state index contributed by atoms with van der Waals surface area (Å²) in [4.78, 5) is 32.0. The Balaban J connectivity index is 1.42. The third kappa shape index (κ3) is 4.93. The molecular formula is C32H24N4O3S2. The molecule has 0 aliphatic carbocycles. The number of anilines is 2. The number of nitrogens with one attached hydrogen (secondary N) is 1. The van der Waals surface area contributed by atoms with E-state index in [4.69, 9.17) is 21.2 Å². The molecule has 0 bridgehead atoms. The van der Waals surface area contributed by atoms with Gasteiger partial charge in [0.15, 0.2) is 0 Å². The third-order valence-electron chi connectivity index (χ3n) is 6.73. The Hall–Kier alpha value is -4.99. The molecule has 3 aromatic carbocycles. The number of hydrogen-bond acceptors (Lipinski definition) is 7. The van der Waals surface area contributed by atoms with Crippen molar-refractivity contribution in [1.29, 1.82) is 0 Å². The largest absolute Gasteiger partial charge is 0.497 e. The van der Waals surface area contributed by atoms with Crippen LogP contribution in [0.15, 0.2) is 96.4 Å². The van der Waals surface area contributed by atoms with Gasteiger partial charge in [-0.2, -0.15) is 0 Å². The Labute approximate surface area is 244 Å². The summed E-state index contributed by atoms with van der Waals surface area (Å²) >= 11 is 2.45. The zero-order valence-electron chi connectivity index (χ0n) is 21.9. The van der Waals surface area contributed by atoms with Crippen LogP contribution in [-0.4, -0.2) is 23.9 Å². The van der Waals surface area contributed by atoms with Crippen LogP contribution >= 0.6 is 22.7 Å². The Kier molecular flexibility index (Phi) is 6.96. The van der Waals surface area contributed by atoms with Crippen molar-refractivity contribution in [3.8, 4) is 39.3 Å². The number of nitrogens with zero attached hydrogens (tertiary/aromatic N) is 1. The molecular weight excluding hydrogens is 553 g/mol. The van der Waals surface area contributed by atoms with Crippen molar-refractivity contribution >= 4 is 55.4 Å². The number of carbonyl (C=O) groups is 2. The van der Waals surface area contributed by atoms with Gasteiger partial charge < -0.3 is 21.5 Å². The van der Waals surface area contributed by atoms with E-state index in [1.807, 2.05) is 78.9 Å². The summed E-state index contributed by atoms with van der Waals surface area (Å²) < 4.78 is 5.23. The van der Waals surface area contributed by atoms with E-state index in [2.05, 4.69) is 5.32 Å². The molecule has 0 aliphatic rings. The van der Waals surface area contributed by atoms with Crippen LogP contribution in [0.1, 0.15) is 20.0 Å². The number of pyridine rings is 1. The van der Waals surface area contributed by atoms with Crippen molar-refractivity contribution < 1.29 is 14.3 Å². The third-order valence-corrected chi connectivity index (χ3v) is 8.72. The number of fused-ring (bicyclic) bond motifs is 1. The fourth-order valence-corrected chi connectivity index (χ4v) is 6.71. The maximum absolute atomic E-state index is 13.6. The zero-order valence-corrected chi connectivity index (χ0v) is 23.5. The normalized spacial score (nSPS) is 11.0. The van der Waals surface area contributed by atoms with Gasteiger partial charge in [-0.3, -0.25) is 9.59 Å². The molecule has 2 amide bonds. The number of methoxy groups -OCH3 is 1. The topological polar surface area (TPSA) is 120 Å². The molecule has 0 aliphatic heterocycles. The number of primary amides is 1. The van der Waals surface area contributed by atoms with Gasteiger partial charge in [0.1, 0.15) is 20.5 Å². The molecule has 202 valence electrons. The maximum Gasteiger partial charge on any atom is 0.268 e. The predicted octanol–water partition coefficient (Wildman–Crippen LogP) is 7.30. The van der Waals surface area contributed by atoms with Gasteiger partial charge in [0.2, 0.25) is 0 Å². The molecule has 0 saturated carbocycles. The first-order valence-corrected chi connectivity index (χ1v) is 14.3. The maximum atomic E-state index is 13.6. The molecule has 6 rings (SSSR count). The van der Waals surface area contributed by atoms with Crippen molar-refractivity contribution in [3.63, 3.8) is 0 Å². The lowest BCUT2D eigenvalue weighted by Crippen LogP contribution is -2.17. The first-order valence-electron chi connectivity index (χ1n) is 12.7. The average Bonchev–Trinajstić information content (AvgIpc) is 3.58. The number of nitrogens with two attached hydrogens (primary N) is 2. The van der Waals surface area contributed by atoms with Crippen LogP contribution in [0.3, 0.4) is 0 Å². The van der Waals surface area contributed by atoms with Crippen molar-refractivity contribution in [2.45, 2.75) is 0 Å². The summed E-state index contributed by atoms with van der Waals surface area (Å²) in [6.45, 7) is 0. The second-order valence-electron chi connectivity index (χ2n) is 9.21. The summed E-state index contributed by atoms with van der Waals surface area (Å²) in [5, 5.41) is 5.75. The van der Waals surface area contributed by atoms with Gasteiger partial charge in [-0.1, -0.05) is 72.8 Å². The fraction of sp³-hybridized carbons (Fsp3) is 0.0312. The quantitative estimate of drug-likeness (QED) is 0.184. The van der Waals surface area contributed by atoms with Crippen LogP contribution in [0.4, 0.5) is 10.7 Å². The number of ether oxygens (including phenoxy) is 1. The molecule has 3 aromatic heterocycles. The Morgan fingerprint density at radius 1 is 0.854 bits per heavy atom. The van der Waals surface area contributed by atoms with Gasteiger partial charge in [-0.05, 0) is 34.9 Å². The lowest BCUT2D eigenvalue weighted by atomic mass is 9.99. The van der Waals surface area contributed by atoms with Crippen LogP contribution in [0.5, 0.6) is 5.75 Å². The van der Waals surface area contributed by atoms with Crippen molar-refractivity contribution in [2.24, 2.45) is 5.73 Å². The molecule has 9 heteroatoms. The monoisotopic (exact) mass is 576 g/mol. The predicted molar refractivity (Wildman–Crippen MR) is 168 cm³/mol. The lowest BCUT2D eigenvalue weighted by molar-refractivity contribution is 0.100. The van der Waals surface area contributed by atoms with Crippen molar-refractivity contribution in [3.05, 3.63) is 107 Å². The Morgan fingerprint density at radius 3 is 2.12 bits per heavy atom. The molecule has 3 heterocycles. The molecule has 0 spiro atoms. The Bertz CT molecular complexity index is 1900. The second-order valence-corrected chi connectivity index (χ2v) is 11.1. The van der Waals surface area contributed by atoms with Gasteiger partial charge >= 0.3 is 0 Å². The van der Waals surface area contributed by atoms with Crippen LogP contribution in [-0.2, 0) is 0 Å². The smallest absolute Gasteiger partial charge is 0.268 e. The molecule has 0 fully saturated rings.